The van der Waals surface area contributed by atoms with Gasteiger partial charge in [0.2, 0.25) is 0 Å². The Morgan fingerprint density at radius 2 is 1.65 bits per heavy atom. The first-order valence-electron chi connectivity index (χ1n) is 7.56. The van der Waals surface area contributed by atoms with Crippen molar-refractivity contribution in [2.75, 3.05) is 11.9 Å². The van der Waals surface area contributed by atoms with E-state index in [9.17, 15) is 23.2 Å². The lowest BCUT2D eigenvalue weighted by atomic mass is 10.1. The summed E-state index contributed by atoms with van der Waals surface area (Å²) in [6.45, 7) is 2.92. The van der Waals surface area contributed by atoms with Crippen molar-refractivity contribution in [3.8, 4) is 0 Å². The van der Waals surface area contributed by atoms with Gasteiger partial charge in [0.05, 0.1) is 5.56 Å². The summed E-state index contributed by atoms with van der Waals surface area (Å²) in [6.07, 6.45) is 0. The maximum Gasteiger partial charge on any atom is 0.338 e. The van der Waals surface area contributed by atoms with Crippen molar-refractivity contribution in [1.29, 1.82) is 0 Å². The summed E-state index contributed by atoms with van der Waals surface area (Å²) in [4.78, 5) is 35.1. The van der Waals surface area contributed by atoms with Gasteiger partial charge >= 0.3 is 12.0 Å². The van der Waals surface area contributed by atoms with Crippen LogP contribution in [0.25, 0.3) is 0 Å². The summed E-state index contributed by atoms with van der Waals surface area (Å²) in [7, 11) is 0. The number of hydrogen-bond acceptors (Lipinski definition) is 4. The molecule has 0 unspecified atom stereocenters. The fraction of sp³-hybridized carbons (Fsp3) is 0.167. The molecule has 6 nitrogen and oxygen atoms in total. The van der Waals surface area contributed by atoms with Crippen LogP contribution in [-0.2, 0) is 9.53 Å². The molecule has 2 rings (SSSR count). The summed E-state index contributed by atoms with van der Waals surface area (Å²) in [6, 6.07) is 6.69. The molecule has 2 aromatic rings. The Balaban J connectivity index is 1.86. The highest BCUT2D eigenvalue weighted by molar-refractivity contribution is 6.02. The molecule has 8 heteroatoms. The van der Waals surface area contributed by atoms with Gasteiger partial charge in [0, 0.05) is 11.8 Å². The highest BCUT2D eigenvalue weighted by atomic mass is 19.1. The monoisotopic (exact) mass is 362 g/mol. The molecule has 0 aliphatic carbocycles. The molecule has 0 aromatic heterocycles. The molecule has 0 fully saturated rings. The largest absolute Gasteiger partial charge is 0.452 e. The summed E-state index contributed by atoms with van der Waals surface area (Å²) in [5.41, 5.74) is 1.97. The number of imide groups is 1. The second-order valence-electron chi connectivity index (χ2n) is 5.55. The van der Waals surface area contributed by atoms with Crippen LogP contribution >= 0.6 is 0 Å². The van der Waals surface area contributed by atoms with E-state index in [1.165, 1.54) is 0 Å². The molecule has 3 amide bonds. The van der Waals surface area contributed by atoms with Gasteiger partial charge in [-0.2, -0.15) is 0 Å². The van der Waals surface area contributed by atoms with Crippen LogP contribution in [0.3, 0.4) is 0 Å². The zero-order chi connectivity index (χ0) is 19.3. The molecule has 26 heavy (non-hydrogen) atoms. The van der Waals surface area contributed by atoms with E-state index in [0.29, 0.717) is 11.8 Å². The van der Waals surface area contributed by atoms with Crippen molar-refractivity contribution < 1.29 is 27.9 Å². The van der Waals surface area contributed by atoms with Crippen molar-refractivity contribution in [1.82, 2.24) is 5.32 Å². The summed E-state index contributed by atoms with van der Waals surface area (Å²) >= 11 is 0. The first-order chi connectivity index (χ1) is 12.2. The molecule has 0 spiro atoms. The molecule has 0 atom stereocenters. The number of urea groups is 1. The van der Waals surface area contributed by atoms with Gasteiger partial charge in [-0.1, -0.05) is 17.7 Å². The van der Waals surface area contributed by atoms with Gasteiger partial charge < -0.3 is 10.1 Å². The molecular weight excluding hydrogens is 346 g/mol. The van der Waals surface area contributed by atoms with Crippen LogP contribution in [0.4, 0.5) is 19.3 Å². The van der Waals surface area contributed by atoms with E-state index in [0.717, 1.165) is 23.3 Å². The molecule has 0 aliphatic rings. The van der Waals surface area contributed by atoms with Crippen molar-refractivity contribution in [2.45, 2.75) is 13.8 Å². The number of nitrogens with one attached hydrogen (secondary N) is 2. The third-order valence-electron chi connectivity index (χ3n) is 3.32. The third kappa shape index (κ3) is 5.37. The zero-order valence-corrected chi connectivity index (χ0v) is 14.1. The molecule has 2 aromatic carbocycles. The average Bonchev–Trinajstić information content (AvgIpc) is 2.54. The molecule has 136 valence electrons. The summed E-state index contributed by atoms with van der Waals surface area (Å²) in [5, 5.41) is 4.48. The summed E-state index contributed by atoms with van der Waals surface area (Å²) in [5.74, 6) is -3.88. The minimum absolute atomic E-state index is 0.380. The highest BCUT2D eigenvalue weighted by Crippen LogP contribution is 2.15. The zero-order valence-electron chi connectivity index (χ0n) is 14.1. The minimum atomic E-state index is -1.09. The lowest BCUT2D eigenvalue weighted by Crippen LogP contribution is -2.37. The molecule has 0 saturated heterocycles. The van der Waals surface area contributed by atoms with Gasteiger partial charge in [-0.05, 0) is 37.6 Å². The van der Waals surface area contributed by atoms with Gasteiger partial charge in [0.15, 0.2) is 6.61 Å². The number of rotatable bonds is 4. The van der Waals surface area contributed by atoms with Gasteiger partial charge in [-0.25, -0.2) is 18.4 Å². The Morgan fingerprint density at radius 3 is 2.27 bits per heavy atom. The van der Waals surface area contributed by atoms with E-state index in [2.05, 4.69) is 10.1 Å². The number of carbonyl (C=O) groups excluding carboxylic acids is 3. The lowest BCUT2D eigenvalue weighted by molar-refractivity contribution is -0.123. The van der Waals surface area contributed by atoms with E-state index in [-0.39, 0.29) is 5.56 Å². The standard InChI is InChI=1S/C18H16F2N2O4/c1-10-3-4-15(11(2)5-10)21-18(25)22-16(23)9-26-17(24)12-6-13(19)8-14(20)7-12/h3-8H,9H2,1-2H3,(H2,21,22,23,25). The Kier molecular flexibility index (Phi) is 6.00. The van der Waals surface area contributed by atoms with E-state index in [4.69, 9.17) is 0 Å². The third-order valence-corrected chi connectivity index (χ3v) is 3.32. The number of halogens is 2. The fourth-order valence-corrected chi connectivity index (χ4v) is 2.16. The van der Waals surface area contributed by atoms with Crippen molar-refractivity contribution in [2.24, 2.45) is 0 Å². The Labute approximate surface area is 148 Å². The first-order valence-corrected chi connectivity index (χ1v) is 7.56. The van der Waals surface area contributed by atoms with E-state index < -0.39 is 36.1 Å². The number of amides is 3. The fourth-order valence-electron chi connectivity index (χ4n) is 2.16. The van der Waals surface area contributed by atoms with Gasteiger partial charge in [0.1, 0.15) is 11.6 Å². The number of ether oxygens (including phenoxy) is 1. The first kappa shape index (κ1) is 19.0. The van der Waals surface area contributed by atoms with Crippen LogP contribution in [0.15, 0.2) is 36.4 Å². The van der Waals surface area contributed by atoms with Gasteiger partial charge in [-0.3, -0.25) is 10.1 Å². The second-order valence-corrected chi connectivity index (χ2v) is 5.55. The quantitative estimate of drug-likeness (QED) is 0.819. The van der Waals surface area contributed by atoms with E-state index >= 15 is 0 Å². The van der Waals surface area contributed by atoms with Crippen LogP contribution in [0.1, 0.15) is 21.5 Å². The average molecular weight is 362 g/mol. The Morgan fingerprint density at radius 1 is 1.00 bits per heavy atom. The molecule has 0 saturated carbocycles. The predicted octanol–water partition coefficient (Wildman–Crippen LogP) is 3.09. The Hall–Kier alpha value is -3.29. The van der Waals surface area contributed by atoms with Gasteiger partial charge in [-0.15, -0.1) is 0 Å². The maximum absolute atomic E-state index is 13.0. The number of aryl methyl sites for hydroxylation is 2. The van der Waals surface area contributed by atoms with E-state index in [1.54, 1.807) is 19.1 Å². The van der Waals surface area contributed by atoms with Crippen LogP contribution in [0.2, 0.25) is 0 Å². The topological polar surface area (TPSA) is 84.5 Å². The minimum Gasteiger partial charge on any atom is -0.452 e. The number of anilines is 1. The van der Waals surface area contributed by atoms with Crippen molar-refractivity contribution >= 4 is 23.6 Å². The van der Waals surface area contributed by atoms with Gasteiger partial charge in [0.25, 0.3) is 5.91 Å². The van der Waals surface area contributed by atoms with Crippen LogP contribution in [-0.4, -0.2) is 24.5 Å². The maximum atomic E-state index is 13.0. The van der Waals surface area contributed by atoms with Crippen LogP contribution < -0.4 is 10.6 Å². The number of hydrogen-bond donors (Lipinski definition) is 2. The molecular formula is C18H16F2N2O4. The molecule has 2 N–H and O–H groups in total. The molecule has 0 bridgehead atoms. The molecule has 0 heterocycles. The Bertz CT molecular complexity index is 848. The summed E-state index contributed by atoms with van der Waals surface area (Å²) < 4.78 is 30.7. The smallest absolute Gasteiger partial charge is 0.338 e. The van der Waals surface area contributed by atoms with Crippen molar-refractivity contribution in [3.05, 3.63) is 64.7 Å². The highest BCUT2D eigenvalue weighted by Gasteiger charge is 2.14. The van der Waals surface area contributed by atoms with Crippen molar-refractivity contribution in [3.63, 3.8) is 0 Å². The second kappa shape index (κ2) is 8.19. The van der Waals surface area contributed by atoms with Crippen LogP contribution in [0.5, 0.6) is 0 Å². The number of carbonyl (C=O) groups is 3. The lowest BCUT2D eigenvalue weighted by Gasteiger charge is -2.10. The number of esters is 1. The number of benzene rings is 2. The molecule has 0 aliphatic heterocycles. The normalized spacial score (nSPS) is 10.2. The predicted molar refractivity (Wildman–Crippen MR) is 89.7 cm³/mol. The molecule has 0 radical (unpaired) electrons. The van der Waals surface area contributed by atoms with Crippen LogP contribution in [0, 0.1) is 25.5 Å². The SMILES string of the molecule is Cc1ccc(NC(=O)NC(=O)COC(=O)c2cc(F)cc(F)c2)c(C)c1. The van der Waals surface area contributed by atoms with E-state index in [1.807, 2.05) is 18.3 Å².